The maximum atomic E-state index is 10.9. The van der Waals surface area contributed by atoms with Crippen molar-refractivity contribution < 1.29 is 9.53 Å². The van der Waals surface area contributed by atoms with Crippen molar-refractivity contribution in [3.63, 3.8) is 0 Å². The van der Waals surface area contributed by atoms with Crippen molar-refractivity contribution in [1.82, 2.24) is 9.97 Å². The molecule has 0 spiro atoms. The molecule has 0 saturated heterocycles. The Labute approximate surface area is 107 Å². The van der Waals surface area contributed by atoms with Gasteiger partial charge in [0.15, 0.2) is 0 Å². The number of ether oxygens (including phenoxy) is 1. The van der Waals surface area contributed by atoms with E-state index in [1.807, 2.05) is 6.07 Å². The molecule has 1 unspecified atom stereocenters. The standard InChI is InChI=1S/C12H20N4O2/c1-4-9(2)16-11-7-10(14-8-15-11)13-6-5-12(17)18-3/h7-9H,4-6H2,1-3H3,(H2,13,14,15,16). The molecule has 1 aromatic rings. The van der Waals surface area contributed by atoms with Crippen LogP contribution in [-0.2, 0) is 9.53 Å². The molecule has 0 aliphatic heterocycles. The molecular weight excluding hydrogens is 232 g/mol. The first-order valence-electron chi connectivity index (χ1n) is 6.05. The quantitative estimate of drug-likeness (QED) is 0.719. The normalized spacial score (nSPS) is 11.7. The zero-order valence-electron chi connectivity index (χ0n) is 11.1. The maximum absolute atomic E-state index is 10.9. The molecule has 18 heavy (non-hydrogen) atoms. The highest BCUT2D eigenvalue weighted by molar-refractivity contribution is 5.69. The molecule has 0 amide bonds. The summed E-state index contributed by atoms with van der Waals surface area (Å²) in [5, 5.41) is 6.31. The number of carbonyl (C=O) groups excluding carboxylic acids is 1. The minimum Gasteiger partial charge on any atom is -0.469 e. The Morgan fingerprint density at radius 2 is 2.17 bits per heavy atom. The number of hydrogen-bond donors (Lipinski definition) is 2. The van der Waals surface area contributed by atoms with Gasteiger partial charge >= 0.3 is 5.97 Å². The van der Waals surface area contributed by atoms with Crippen molar-refractivity contribution in [2.75, 3.05) is 24.3 Å². The van der Waals surface area contributed by atoms with Gasteiger partial charge in [-0.1, -0.05) is 6.92 Å². The summed E-state index contributed by atoms with van der Waals surface area (Å²) in [5.41, 5.74) is 0. The van der Waals surface area contributed by atoms with E-state index in [9.17, 15) is 4.79 Å². The molecule has 0 aliphatic carbocycles. The third-order valence-corrected chi connectivity index (χ3v) is 2.54. The summed E-state index contributed by atoms with van der Waals surface area (Å²) in [7, 11) is 1.38. The van der Waals surface area contributed by atoms with Crippen LogP contribution in [0.1, 0.15) is 26.7 Å². The van der Waals surface area contributed by atoms with Crippen LogP contribution in [-0.4, -0.2) is 35.6 Å². The Bertz CT molecular complexity index is 384. The molecule has 1 heterocycles. The molecule has 0 fully saturated rings. The predicted molar refractivity (Wildman–Crippen MR) is 70.5 cm³/mol. The summed E-state index contributed by atoms with van der Waals surface area (Å²) in [6, 6.07) is 2.19. The zero-order valence-corrected chi connectivity index (χ0v) is 11.1. The van der Waals surface area contributed by atoms with Crippen molar-refractivity contribution in [2.24, 2.45) is 0 Å². The highest BCUT2D eigenvalue weighted by Crippen LogP contribution is 2.10. The molecule has 2 N–H and O–H groups in total. The summed E-state index contributed by atoms with van der Waals surface area (Å²) in [4.78, 5) is 19.2. The fourth-order valence-electron chi connectivity index (χ4n) is 1.28. The van der Waals surface area contributed by atoms with Crippen LogP contribution in [0.15, 0.2) is 12.4 Å². The number of aromatic nitrogens is 2. The van der Waals surface area contributed by atoms with E-state index in [4.69, 9.17) is 0 Å². The minimum absolute atomic E-state index is 0.241. The van der Waals surface area contributed by atoms with Crippen molar-refractivity contribution in [1.29, 1.82) is 0 Å². The second-order valence-electron chi connectivity index (χ2n) is 4.00. The minimum atomic E-state index is -0.241. The van der Waals surface area contributed by atoms with E-state index < -0.39 is 0 Å². The predicted octanol–water partition coefficient (Wildman–Crippen LogP) is 1.66. The van der Waals surface area contributed by atoms with E-state index in [1.54, 1.807) is 0 Å². The van der Waals surface area contributed by atoms with E-state index in [0.717, 1.165) is 12.2 Å². The van der Waals surface area contributed by atoms with E-state index in [2.05, 4.69) is 39.2 Å². The first-order valence-corrected chi connectivity index (χ1v) is 6.05. The highest BCUT2D eigenvalue weighted by Gasteiger charge is 2.03. The molecular formula is C12H20N4O2. The molecule has 1 rings (SSSR count). The highest BCUT2D eigenvalue weighted by atomic mass is 16.5. The number of nitrogens with zero attached hydrogens (tertiary/aromatic N) is 2. The van der Waals surface area contributed by atoms with Gasteiger partial charge in [-0.25, -0.2) is 9.97 Å². The van der Waals surface area contributed by atoms with Gasteiger partial charge in [0.05, 0.1) is 13.5 Å². The molecule has 0 aliphatic rings. The van der Waals surface area contributed by atoms with E-state index in [-0.39, 0.29) is 5.97 Å². The smallest absolute Gasteiger partial charge is 0.307 e. The number of carbonyl (C=O) groups is 1. The number of nitrogens with one attached hydrogen (secondary N) is 2. The Hall–Kier alpha value is -1.85. The first kappa shape index (κ1) is 14.2. The third-order valence-electron chi connectivity index (χ3n) is 2.54. The van der Waals surface area contributed by atoms with Crippen LogP contribution in [0.25, 0.3) is 0 Å². The first-order chi connectivity index (χ1) is 8.65. The summed E-state index contributed by atoms with van der Waals surface area (Å²) in [5.74, 6) is 1.23. The van der Waals surface area contributed by atoms with Gasteiger partial charge in [0.2, 0.25) is 0 Å². The van der Waals surface area contributed by atoms with Gasteiger partial charge in [-0.05, 0) is 13.3 Å². The summed E-state index contributed by atoms with van der Waals surface area (Å²) in [6.45, 7) is 4.69. The number of hydrogen-bond acceptors (Lipinski definition) is 6. The number of esters is 1. The molecule has 6 nitrogen and oxygen atoms in total. The molecule has 0 saturated carbocycles. The van der Waals surface area contributed by atoms with Crippen molar-refractivity contribution in [3.8, 4) is 0 Å². The van der Waals surface area contributed by atoms with Crippen molar-refractivity contribution >= 4 is 17.6 Å². The van der Waals surface area contributed by atoms with Gasteiger partial charge in [-0.2, -0.15) is 0 Å². The van der Waals surface area contributed by atoms with Crippen LogP contribution in [0.5, 0.6) is 0 Å². The summed E-state index contributed by atoms with van der Waals surface area (Å²) < 4.78 is 4.56. The van der Waals surface area contributed by atoms with Gasteiger partial charge in [0.25, 0.3) is 0 Å². The Morgan fingerprint density at radius 1 is 1.44 bits per heavy atom. The van der Waals surface area contributed by atoms with Gasteiger partial charge < -0.3 is 15.4 Å². The number of rotatable bonds is 7. The summed E-state index contributed by atoms with van der Waals surface area (Å²) >= 11 is 0. The molecule has 0 radical (unpaired) electrons. The second kappa shape index (κ2) is 7.47. The lowest BCUT2D eigenvalue weighted by Gasteiger charge is -2.12. The largest absolute Gasteiger partial charge is 0.469 e. The lowest BCUT2D eigenvalue weighted by Crippen LogP contribution is -2.15. The van der Waals surface area contributed by atoms with Crippen molar-refractivity contribution in [3.05, 3.63) is 12.4 Å². The Balaban J connectivity index is 2.46. The average Bonchev–Trinajstić information content (AvgIpc) is 2.38. The van der Waals surface area contributed by atoms with Crippen LogP contribution < -0.4 is 10.6 Å². The van der Waals surface area contributed by atoms with E-state index >= 15 is 0 Å². The second-order valence-corrected chi connectivity index (χ2v) is 4.00. The maximum Gasteiger partial charge on any atom is 0.307 e. The van der Waals surface area contributed by atoms with Gasteiger partial charge in [0.1, 0.15) is 18.0 Å². The number of anilines is 2. The molecule has 100 valence electrons. The fraction of sp³-hybridized carbons (Fsp3) is 0.583. The third kappa shape index (κ3) is 4.99. The van der Waals surface area contributed by atoms with Crippen LogP contribution in [0.3, 0.4) is 0 Å². The topological polar surface area (TPSA) is 76.1 Å². The monoisotopic (exact) mass is 252 g/mol. The lowest BCUT2D eigenvalue weighted by atomic mass is 10.2. The molecule has 6 heteroatoms. The van der Waals surface area contributed by atoms with Crippen LogP contribution in [0, 0.1) is 0 Å². The van der Waals surface area contributed by atoms with Gasteiger partial charge in [0, 0.05) is 18.7 Å². The zero-order chi connectivity index (χ0) is 13.4. The van der Waals surface area contributed by atoms with Crippen LogP contribution in [0.4, 0.5) is 11.6 Å². The Kier molecular flexibility index (Phi) is 5.90. The molecule has 1 atom stereocenters. The molecule has 0 aromatic carbocycles. The lowest BCUT2D eigenvalue weighted by molar-refractivity contribution is -0.140. The Morgan fingerprint density at radius 3 is 2.83 bits per heavy atom. The average molecular weight is 252 g/mol. The molecule has 1 aromatic heterocycles. The van der Waals surface area contributed by atoms with Crippen LogP contribution in [0.2, 0.25) is 0 Å². The van der Waals surface area contributed by atoms with Crippen molar-refractivity contribution in [2.45, 2.75) is 32.7 Å². The van der Waals surface area contributed by atoms with Crippen LogP contribution >= 0.6 is 0 Å². The van der Waals surface area contributed by atoms with E-state index in [0.29, 0.717) is 24.8 Å². The number of methoxy groups -OCH3 is 1. The van der Waals surface area contributed by atoms with Gasteiger partial charge in [-0.3, -0.25) is 4.79 Å². The SMILES string of the molecule is CCC(C)Nc1cc(NCCC(=O)OC)ncn1. The van der Waals surface area contributed by atoms with Gasteiger partial charge in [-0.15, -0.1) is 0 Å². The van der Waals surface area contributed by atoms with E-state index in [1.165, 1.54) is 13.4 Å². The fourth-order valence-corrected chi connectivity index (χ4v) is 1.28. The molecule has 0 bridgehead atoms. The summed E-state index contributed by atoms with van der Waals surface area (Å²) in [6.07, 6.45) is 2.83.